The molecule has 0 aliphatic carbocycles. The van der Waals surface area contributed by atoms with Crippen LogP contribution in [0, 0.1) is 0 Å². The molecule has 0 unspecified atom stereocenters. The smallest absolute Gasteiger partial charge is 0.449 e. The molecule has 0 radical (unpaired) electrons. The van der Waals surface area contributed by atoms with Gasteiger partial charge >= 0.3 is 18.3 Å². The van der Waals surface area contributed by atoms with Crippen LogP contribution in [0.25, 0.3) is 22.1 Å². The minimum Gasteiger partial charge on any atom is -0.449 e. The molecule has 4 aromatic carbocycles. The Morgan fingerprint density at radius 3 is 2.05 bits per heavy atom. The molecule has 0 saturated heterocycles. The molecule has 1 heterocycles. The number of rotatable bonds is 5. The number of fused-ring (bicyclic) bond motifs is 1. The minimum atomic E-state index is -5.12. The Labute approximate surface area is 237 Å². The second-order valence-corrected chi connectivity index (χ2v) is 9.25. The van der Waals surface area contributed by atoms with E-state index in [1.54, 1.807) is 6.07 Å². The highest BCUT2D eigenvalue weighted by Gasteiger charge is 2.40. The van der Waals surface area contributed by atoms with Crippen LogP contribution in [0.5, 0.6) is 17.2 Å². The van der Waals surface area contributed by atoms with Gasteiger partial charge in [0.25, 0.3) is 5.76 Å². The van der Waals surface area contributed by atoms with Crippen LogP contribution < -0.4 is 14.9 Å². The lowest BCUT2D eigenvalue weighted by Crippen LogP contribution is -2.15. The van der Waals surface area contributed by atoms with Gasteiger partial charge < -0.3 is 13.9 Å². The lowest BCUT2D eigenvalue weighted by Gasteiger charge is -2.14. The maximum atomic E-state index is 13.9. The highest BCUT2D eigenvalue weighted by molar-refractivity contribution is 6.30. The predicted molar refractivity (Wildman–Crippen MR) is 141 cm³/mol. The van der Waals surface area contributed by atoms with E-state index in [9.17, 15) is 35.9 Å². The van der Waals surface area contributed by atoms with Crippen molar-refractivity contribution in [2.24, 2.45) is 0 Å². The van der Waals surface area contributed by atoms with Crippen molar-refractivity contribution in [1.29, 1.82) is 0 Å². The molecule has 0 saturated carbocycles. The first kappa shape index (κ1) is 28.7. The van der Waals surface area contributed by atoms with Crippen LogP contribution in [0.15, 0.2) is 100 Å². The zero-order valence-corrected chi connectivity index (χ0v) is 21.6. The molecule has 5 rings (SSSR count). The molecule has 1 aromatic heterocycles. The topological polar surface area (TPSA) is 65.7 Å². The highest BCUT2D eigenvalue weighted by Crippen LogP contribution is 2.39. The molecular weight excluding hydrogens is 590 g/mol. The van der Waals surface area contributed by atoms with E-state index >= 15 is 0 Å². The van der Waals surface area contributed by atoms with Crippen molar-refractivity contribution in [2.75, 3.05) is 0 Å². The monoisotopic (exact) mass is 604 g/mol. The Balaban J connectivity index is 1.48. The first-order valence-corrected chi connectivity index (χ1v) is 12.3. The van der Waals surface area contributed by atoms with Crippen molar-refractivity contribution < 1.29 is 45.0 Å². The summed E-state index contributed by atoms with van der Waals surface area (Å²) in [6, 6.07) is 18.6. The van der Waals surface area contributed by atoms with Crippen LogP contribution >= 0.6 is 11.6 Å². The number of ether oxygens (including phenoxy) is 2. The number of halogens is 7. The van der Waals surface area contributed by atoms with E-state index in [1.807, 2.05) is 0 Å². The van der Waals surface area contributed by atoms with Crippen LogP contribution in [-0.2, 0) is 12.4 Å². The van der Waals surface area contributed by atoms with Crippen LogP contribution in [-0.4, -0.2) is 5.97 Å². The highest BCUT2D eigenvalue weighted by atomic mass is 35.5. The van der Waals surface area contributed by atoms with Crippen molar-refractivity contribution in [3.05, 3.63) is 123 Å². The van der Waals surface area contributed by atoms with Crippen molar-refractivity contribution in [2.45, 2.75) is 12.4 Å². The maximum absolute atomic E-state index is 13.9. The zero-order valence-electron chi connectivity index (χ0n) is 20.8. The second-order valence-electron chi connectivity index (χ2n) is 8.81. The fourth-order valence-electron chi connectivity index (χ4n) is 4.03. The van der Waals surface area contributed by atoms with Crippen molar-refractivity contribution >= 4 is 28.5 Å². The van der Waals surface area contributed by atoms with E-state index in [2.05, 4.69) is 0 Å². The molecule has 42 heavy (non-hydrogen) atoms. The Kier molecular flexibility index (Phi) is 7.46. The van der Waals surface area contributed by atoms with Gasteiger partial charge in [0.1, 0.15) is 17.1 Å². The van der Waals surface area contributed by atoms with Crippen LogP contribution in [0.1, 0.15) is 21.7 Å². The van der Waals surface area contributed by atoms with Gasteiger partial charge in [-0.1, -0.05) is 41.9 Å². The van der Waals surface area contributed by atoms with Gasteiger partial charge in [-0.05, 0) is 65.7 Å². The summed E-state index contributed by atoms with van der Waals surface area (Å²) in [5, 5.41) is 0.0184. The summed E-state index contributed by atoms with van der Waals surface area (Å²) in [6.45, 7) is 0. The fourth-order valence-corrected chi connectivity index (χ4v) is 4.16. The van der Waals surface area contributed by atoms with Gasteiger partial charge in [-0.2, -0.15) is 26.3 Å². The lowest BCUT2D eigenvalue weighted by molar-refractivity contribution is -0.154. The van der Waals surface area contributed by atoms with Gasteiger partial charge in [0.15, 0.2) is 0 Å². The number of carbonyl (C=O) groups is 1. The lowest BCUT2D eigenvalue weighted by atomic mass is 9.98. The molecule has 0 amide bonds. The Hall–Kier alpha value is -4.77. The first-order valence-electron chi connectivity index (χ1n) is 11.9. The molecule has 214 valence electrons. The molecule has 0 spiro atoms. The van der Waals surface area contributed by atoms with Gasteiger partial charge in [0.2, 0.25) is 11.2 Å². The quantitative estimate of drug-likeness (QED) is 0.114. The number of alkyl halides is 6. The molecule has 0 aliphatic heterocycles. The minimum absolute atomic E-state index is 0.0264. The standard InChI is InChI=1S/C30H15ClF6O5/c31-18-9-11-19(12-10-18)40-26-25(38)23-14-13-20(15-24(23)42-27(26)30(35,36)37)41-28(39)22-4-2-1-3-21(22)16-5-7-17(8-6-16)29(32,33)34/h1-15H. The van der Waals surface area contributed by atoms with Crippen LogP contribution in [0.3, 0.4) is 0 Å². The molecule has 12 heteroatoms. The number of esters is 1. The summed E-state index contributed by atoms with van der Waals surface area (Å²) < 4.78 is 96.1. The molecular formula is C30H15ClF6O5. The molecule has 0 N–H and O–H groups in total. The molecule has 0 fully saturated rings. The Bertz CT molecular complexity index is 1840. The van der Waals surface area contributed by atoms with E-state index < -0.39 is 46.4 Å². The maximum Gasteiger partial charge on any atom is 0.453 e. The van der Waals surface area contributed by atoms with E-state index in [-0.39, 0.29) is 28.0 Å². The van der Waals surface area contributed by atoms with Crippen molar-refractivity contribution in [3.8, 4) is 28.4 Å². The average Bonchev–Trinajstić information content (AvgIpc) is 2.94. The largest absolute Gasteiger partial charge is 0.453 e. The normalized spacial score (nSPS) is 11.9. The number of carbonyl (C=O) groups excluding carboxylic acids is 1. The third kappa shape index (κ3) is 5.96. The van der Waals surface area contributed by atoms with Gasteiger partial charge in [-0.3, -0.25) is 4.79 Å². The first-order chi connectivity index (χ1) is 19.8. The molecule has 5 nitrogen and oxygen atoms in total. The summed E-state index contributed by atoms with van der Waals surface area (Å²) in [4.78, 5) is 26.1. The van der Waals surface area contributed by atoms with Crippen LogP contribution in [0.2, 0.25) is 5.02 Å². The Morgan fingerprint density at radius 1 is 0.762 bits per heavy atom. The summed E-state index contributed by atoms with van der Waals surface area (Å²) in [5.74, 6) is -4.09. The summed E-state index contributed by atoms with van der Waals surface area (Å²) in [7, 11) is 0. The zero-order chi connectivity index (χ0) is 30.2. The number of hydrogen-bond acceptors (Lipinski definition) is 5. The van der Waals surface area contributed by atoms with Gasteiger partial charge in [0.05, 0.1) is 16.5 Å². The average molecular weight is 605 g/mol. The number of benzene rings is 4. The predicted octanol–water partition coefficient (Wildman–Crippen LogP) is 9.16. The Morgan fingerprint density at radius 2 is 1.40 bits per heavy atom. The van der Waals surface area contributed by atoms with E-state index in [4.69, 9.17) is 25.5 Å². The molecule has 0 atom stereocenters. The van der Waals surface area contributed by atoms with E-state index in [1.165, 1.54) is 60.7 Å². The molecule has 5 aromatic rings. The summed E-state index contributed by atoms with van der Waals surface area (Å²) in [5.41, 5.74) is -2.00. The third-order valence-electron chi connectivity index (χ3n) is 5.99. The SMILES string of the molecule is O=C(Oc1ccc2c(=O)c(Oc3ccc(Cl)cc3)c(C(F)(F)F)oc2c1)c1ccccc1-c1ccc(C(F)(F)F)cc1. The van der Waals surface area contributed by atoms with Crippen molar-refractivity contribution in [3.63, 3.8) is 0 Å². The number of hydrogen-bond donors (Lipinski definition) is 0. The molecule has 0 aliphatic rings. The van der Waals surface area contributed by atoms with Crippen LogP contribution in [0.4, 0.5) is 26.3 Å². The fraction of sp³-hybridized carbons (Fsp3) is 0.0667. The molecule has 0 bridgehead atoms. The van der Waals surface area contributed by atoms with Crippen molar-refractivity contribution in [1.82, 2.24) is 0 Å². The van der Waals surface area contributed by atoms with Gasteiger partial charge in [-0.25, -0.2) is 4.79 Å². The summed E-state index contributed by atoms with van der Waals surface area (Å²) in [6.07, 6.45) is -9.67. The second kappa shape index (κ2) is 10.9. The van der Waals surface area contributed by atoms with Gasteiger partial charge in [0, 0.05) is 11.1 Å². The summed E-state index contributed by atoms with van der Waals surface area (Å²) >= 11 is 5.79. The van der Waals surface area contributed by atoms with E-state index in [0.717, 1.165) is 24.3 Å². The van der Waals surface area contributed by atoms with E-state index in [0.29, 0.717) is 10.6 Å². The van der Waals surface area contributed by atoms with Gasteiger partial charge in [-0.15, -0.1) is 0 Å². The third-order valence-corrected chi connectivity index (χ3v) is 6.25.